The maximum Gasteiger partial charge on any atom is 0.230 e. The van der Waals surface area contributed by atoms with Crippen molar-refractivity contribution < 1.29 is 4.79 Å². The second-order valence-electron chi connectivity index (χ2n) is 6.83. The molecule has 1 aliphatic carbocycles. The van der Waals surface area contributed by atoms with Gasteiger partial charge in [-0.25, -0.2) is 14.6 Å². The maximum atomic E-state index is 12.2. The largest absolute Gasteiger partial charge is 0.351 e. The number of amides is 1. The summed E-state index contributed by atoms with van der Waals surface area (Å²) in [6.45, 7) is 0.422. The SMILES string of the molecule is O=C(CSc1nnnn1C1CC1)NCc1ccc(-n2cnc3ccccc32)nc1. The molecular weight excluding hydrogens is 388 g/mol. The monoisotopic (exact) mass is 406 g/mol. The van der Waals surface area contributed by atoms with Gasteiger partial charge < -0.3 is 5.32 Å². The van der Waals surface area contributed by atoms with Crippen LogP contribution >= 0.6 is 11.8 Å². The third-order valence-corrected chi connectivity index (χ3v) is 5.62. The molecule has 0 saturated heterocycles. The van der Waals surface area contributed by atoms with E-state index in [4.69, 9.17) is 0 Å². The molecule has 3 heterocycles. The van der Waals surface area contributed by atoms with Crippen LogP contribution in [0.4, 0.5) is 0 Å². The van der Waals surface area contributed by atoms with Gasteiger partial charge in [-0.15, -0.1) is 5.10 Å². The summed E-state index contributed by atoms with van der Waals surface area (Å²) in [6, 6.07) is 12.2. The van der Waals surface area contributed by atoms with Gasteiger partial charge in [0.1, 0.15) is 12.1 Å². The lowest BCUT2D eigenvalue weighted by Crippen LogP contribution is -2.24. The van der Waals surface area contributed by atoms with E-state index in [1.165, 1.54) is 11.8 Å². The Morgan fingerprint density at radius 3 is 2.90 bits per heavy atom. The fourth-order valence-corrected chi connectivity index (χ4v) is 3.79. The lowest BCUT2D eigenvalue weighted by Gasteiger charge is -2.07. The van der Waals surface area contributed by atoms with Crippen molar-refractivity contribution in [2.75, 3.05) is 5.75 Å². The van der Waals surface area contributed by atoms with Gasteiger partial charge in [0.2, 0.25) is 11.1 Å². The van der Waals surface area contributed by atoms with Crippen molar-refractivity contribution in [3.8, 4) is 5.82 Å². The molecule has 0 unspecified atom stereocenters. The summed E-state index contributed by atoms with van der Waals surface area (Å²) in [6.07, 6.45) is 5.73. The zero-order valence-corrected chi connectivity index (χ0v) is 16.3. The van der Waals surface area contributed by atoms with Crippen LogP contribution in [0.1, 0.15) is 24.4 Å². The number of imidazole rings is 1. The zero-order chi connectivity index (χ0) is 19.6. The highest BCUT2D eigenvalue weighted by atomic mass is 32.2. The Hall–Kier alpha value is -3.27. The van der Waals surface area contributed by atoms with Gasteiger partial charge in [-0.05, 0) is 47.0 Å². The van der Waals surface area contributed by atoms with Crippen LogP contribution in [0.2, 0.25) is 0 Å². The van der Waals surface area contributed by atoms with Crippen molar-refractivity contribution in [3.63, 3.8) is 0 Å². The van der Waals surface area contributed by atoms with Gasteiger partial charge in [0.25, 0.3) is 0 Å². The van der Waals surface area contributed by atoms with E-state index >= 15 is 0 Å². The topological polar surface area (TPSA) is 103 Å². The molecule has 1 aliphatic rings. The lowest BCUT2D eigenvalue weighted by molar-refractivity contribution is -0.118. The minimum Gasteiger partial charge on any atom is -0.351 e. The van der Waals surface area contributed by atoms with Crippen LogP contribution in [0.25, 0.3) is 16.9 Å². The second-order valence-corrected chi connectivity index (χ2v) is 7.77. The Morgan fingerprint density at radius 1 is 1.17 bits per heavy atom. The van der Waals surface area contributed by atoms with Crippen molar-refractivity contribution in [1.29, 1.82) is 0 Å². The number of fused-ring (bicyclic) bond motifs is 1. The molecule has 1 aromatic carbocycles. The molecule has 1 N–H and O–H groups in total. The number of pyridine rings is 1. The smallest absolute Gasteiger partial charge is 0.230 e. The first-order valence-corrected chi connectivity index (χ1v) is 10.3. The number of nitrogens with one attached hydrogen (secondary N) is 1. The van der Waals surface area contributed by atoms with E-state index < -0.39 is 0 Å². The van der Waals surface area contributed by atoms with Crippen molar-refractivity contribution in [3.05, 3.63) is 54.5 Å². The maximum absolute atomic E-state index is 12.2. The first-order valence-electron chi connectivity index (χ1n) is 9.33. The van der Waals surface area contributed by atoms with Gasteiger partial charge in [0.05, 0.1) is 22.8 Å². The fraction of sp³-hybridized carbons (Fsp3) is 0.263. The number of thioether (sulfide) groups is 1. The number of carbonyl (C=O) groups excluding carboxylic acids is 1. The van der Waals surface area contributed by atoms with E-state index in [0.29, 0.717) is 17.7 Å². The number of nitrogens with zero attached hydrogens (tertiary/aromatic N) is 7. The highest BCUT2D eigenvalue weighted by Crippen LogP contribution is 2.36. The number of carbonyl (C=O) groups is 1. The molecule has 0 atom stereocenters. The molecule has 0 spiro atoms. The molecule has 1 amide bonds. The van der Waals surface area contributed by atoms with E-state index in [1.54, 1.807) is 17.2 Å². The van der Waals surface area contributed by atoms with E-state index in [0.717, 1.165) is 35.3 Å². The highest BCUT2D eigenvalue weighted by Gasteiger charge is 2.28. The molecule has 0 radical (unpaired) electrons. The minimum atomic E-state index is -0.0648. The number of hydrogen-bond acceptors (Lipinski definition) is 7. The van der Waals surface area contributed by atoms with Crippen LogP contribution in [-0.4, -0.2) is 46.4 Å². The molecular formula is C19H18N8OS. The molecule has 146 valence electrons. The van der Waals surface area contributed by atoms with Gasteiger partial charge in [-0.1, -0.05) is 30.0 Å². The first kappa shape index (κ1) is 17.8. The van der Waals surface area contributed by atoms with Gasteiger partial charge in [-0.2, -0.15) is 0 Å². The predicted molar refractivity (Wildman–Crippen MR) is 108 cm³/mol. The Labute approximate surface area is 170 Å². The van der Waals surface area contributed by atoms with Crippen molar-refractivity contribution in [2.45, 2.75) is 30.6 Å². The molecule has 1 fully saturated rings. The van der Waals surface area contributed by atoms with Gasteiger partial charge in [0.15, 0.2) is 0 Å². The highest BCUT2D eigenvalue weighted by molar-refractivity contribution is 7.99. The Morgan fingerprint density at radius 2 is 2.07 bits per heavy atom. The van der Waals surface area contributed by atoms with Crippen LogP contribution in [0.3, 0.4) is 0 Å². The molecule has 0 aliphatic heterocycles. The van der Waals surface area contributed by atoms with Crippen LogP contribution in [0.5, 0.6) is 0 Å². The molecule has 0 bridgehead atoms. The summed E-state index contributed by atoms with van der Waals surface area (Å²) < 4.78 is 3.75. The molecule has 9 nitrogen and oxygen atoms in total. The number of aromatic nitrogens is 7. The van der Waals surface area contributed by atoms with Crippen LogP contribution in [0.15, 0.2) is 54.1 Å². The first-order chi connectivity index (χ1) is 14.3. The number of hydrogen-bond donors (Lipinski definition) is 1. The average molecular weight is 406 g/mol. The molecule has 29 heavy (non-hydrogen) atoms. The summed E-state index contributed by atoms with van der Waals surface area (Å²) in [5.41, 5.74) is 2.86. The molecule has 3 aromatic heterocycles. The zero-order valence-electron chi connectivity index (χ0n) is 15.5. The van der Waals surface area contributed by atoms with Gasteiger partial charge >= 0.3 is 0 Å². The quantitative estimate of drug-likeness (QED) is 0.469. The summed E-state index contributed by atoms with van der Waals surface area (Å²) >= 11 is 1.36. The molecule has 4 aromatic rings. The summed E-state index contributed by atoms with van der Waals surface area (Å²) in [4.78, 5) is 21.1. The number of para-hydroxylation sites is 2. The van der Waals surface area contributed by atoms with Gasteiger partial charge in [0, 0.05) is 12.7 Å². The third-order valence-electron chi connectivity index (χ3n) is 4.69. The summed E-state index contributed by atoms with van der Waals surface area (Å²) in [5, 5.41) is 15.3. The van der Waals surface area contributed by atoms with Crippen LogP contribution in [-0.2, 0) is 11.3 Å². The van der Waals surface area contributed by atoms with E-state index in [2.05, 4.69) is 30.8 Å². The van der Waals surface area contributed by atoms with E-state index in [9.17, 15) is 4.79 Å². The molecule has 1 saturated carbocycles. The number of benzene rings is 1. The third kappa shape index (κ3) is 3.83. The van der Waals surface area contributed by atoms with E-state index in [1.807, 2.05) is 41.0 Å². The summed E-state index contributed by atoms with van der Waals surface area (Å²) in [5.74, 6) is 1.00. The number of tetrazole rings is 1. The fourth-order valence-electron chi connectivity index (χ4n) is 3.02. The van der Waals surface area contributed by atoms with E-state index in [-0.39, 0.29) is 11.7 Å². The van der Waals surface area contributed by atoms with Crippen LogP contribution in [0, 0.1) is 0 Å². The Balaban J connectivity index is 1.17. The molecule has 10 heteroatoms. The minimum absolute atomic E-state index is 0.0648. The number of rotatable bonds is 7. The summed E-state index contributed by atoms with van der Waals surface area (Å²) in [7, 11) is 0. The Bertz CT molecular complexity index is 1150. The van der Waals surface area contributed by atoms with Crippen LogP contribution < -0.4 is 5.32 Å². The standard InChI is InChI=1S/C19H18N8OS/c28-18(11-29-19-23-24-25-27(19)14-6-7-14)21-10-13-5-8-17(20-9-13)26-12-22-15-3-1-2-4-16(15)26/h1-5,8-9,12,14H,6-7,10-11H2,(H,21,28). The predicted octanol–water partition coefficient (Wildman–Crippen LogP) is 2.15. The normalized spacial score (nSPS) is 13.7. The Kier molecular flexibility index (Phi) is 4.68. The van der Waals surface area contributed by atoms with Gasteiger partial charge in [-0.3, -0.25) is 9.36 Å². The van der Waals surface area contributed by atoms with Crippen molar-refractivity contribution in [2.24, 2.45) is 0 Å². The average Bonchev–Trinajstić information content (AvgIpc) is 3.33. The molecule has 5 rings (SSSR count). The van der Waals surface area contributed by atoms with Crippen molar-refractivity contribution >= 4 is 28.7 Å². The lowest BCUT2D eigenvalue weighted by atomic mass is 10.2. The van der Waals surface area contributed by atoms with Crippen molar-refractivity contribution in [1.82, 2.24) is 40.1 Å². The second kappa shape index (κ2) is 7.63.